The molecule has 0 bridgehead atoms. The monoisotopic (exact) mass is 232 g/mol. The molecule has 0 fully saturated rings. The van der Waals surface area contributed by atoms with Crippen molar-refractivity contribution in [3.05, 3.63) is 29.5 Å². The highest BCUT2D eigenvalue weighted by Gasteiger charge is 2.16. The number of aromatic nitrogens is 1. The molecule has 0 radical (unpaired) electrons. The van der Waals surface area contributed by atoms with Crippen molar-refractivity contribution < 1.29 is 9.53 Å². The SMILES string of the molecule is CCNC(=O)c1c(C)[nH]c2c(OC)cccc12. The van der Waals surface area contributed by atoms with E-state index in [-0.39, 0.29) is 5.91 Å². The summed E-state index contributed by atoms with van der Waals surface area (Å²) in [5.41, 5.74) is 2.42. The Morgan fingerprint density at radius 3 is 2.88 bits per heavy atom. The predicted molar refractivity (Wildman–Crippen MR) is 67.6 cm³/mol. The average Bonchev–Trinajstić information content (AvgIpc) is 2.65. The summed E-state index contributed by atoms with van der Waals surface area (Å²) in [6, 6.07) is 5.68. The van der Waals surface area contributed by atoms with Gasteiger partial charge in [-0.15, -0.1) is 0 Å². The van der Waals surface area contributed by atoms with Gasteiger partial charge in [-0.25, -0.2) is 0 Å². The Morgan fingerprint density at radius 1 is 1.47 bits per heavy atom. The van der Waals surface area contributed by atoms with Crippen LogP contribution in [0, 0.1) is 6.92 Å². The highest BCUT2D eigenvalue weighted by Crippen LogP contribution is 2.29. The van der Waals surface area contributed by atoms with Crippen LogP contribution in [0.4, 0.5) is 0 Å². The molecule has 2 aromatic rings. The summed E-state index contributed by atoms with van der Waals surface area (Å²) >= 11 is 0. The van der Waals surface area contributed by atoms with Crippen LogP contribution in [0.5, 0.6) is 5.75 Å². The number of ether oxygens (including phenoxy) is 1. The van der Waals surface area contributed by atoms with Gasteiger partial charge in [-0.1, -0.05) is 12.1 Å². The number of carbonyl (C=O) groups excluding carboxylic acids is 1. The maximum absolute atomic E-state index is 12.0. The predicted octanol–water partition coefficient (Wildman–Crippen LogP) is 2.23. The van der Waals surface area contributed by atoms with E-state index in [9.17, 15) is 4.79 Å². The topological polar surface area (TPSA) is 54.1 Å². The number of rotatable bonds is 3. The van der Waals surface area contributed by atoms with Gasteiger partial charge in [-0.05, 0) is 19.9 Å². The summed E-state index contributed by atoms with van der Waals surface area (Å²) in [6.07, 6.45) is 0. The Morgan fingerprint density at radius 2 is 2.24 bits per heavy atom. The van der Waals surface area contributed by atoms with Crippen LogP contribution in [0.15, 0.2) is 18.2 Å². The van der Waals surface area contributed by atoms with E-state index in [1.165, 1.54) is 0 Å². The molecule has 17 heavy (non-hydrogen) atoms. The largest absolute Gasteiger partial charge is 0.495 e. The summed E-state index contributed by atoms with van der Waals surface area (Å²) in [5, 5.41) is 3.71. The van der Waals surface area contributed by atoms with Crippen molar-refractivity contribution in [1.29, 1.82) is 0 Å². The number of nitrogens with one attached hydrogen (secondary N) is 2. The van der Waals surface area contributed by atoms with Crippen LogP contribution in [0.1, 0.15) is 23.0 Å². The van der Waals surface area contributed by atoms with Crippen LogP contribution in [-0.4, -0.2) is 24.5 Å². The van der Waals surface area contributed by atoms with Crippen molar-refractivity contribution in [2.24, 2.45) is 0 Å². The third-order valence-corrected chi connectivity index (χ3v) is 2.77. The second kappa shape index (κ2) is 4.49. The lowest BCUT2D eigenvalue weighted by atomic mass is 10.1. The van der Waals surface area contributed by atoms with Crippen LogP contribution in [0.3, 0.4) is 0 Å². The number of aryl methyl sites for hydroxylation is 1. The molecule has 1 heterocycles. The molecule has 4 heteroatoms. The minimum absolute atomic E-state index is 0.0514. The first-order chi connectivity index (χ1) is 8.19. The van der Waals surface area contributed by atoms with E-state index in [0.717, 1.165) is 22.3 Å². The highest BCUT2D eigenvalue weighted by atomic mass is 16.5. The van der Waals surface area contributed by atoms with Crippen LogP contribution in [-0.2, 0) is 0 Å². The Kier molecular flexibility index (Phi) is 3.04. The zero-order valence-electron chi connectivity index (χ0n) is 10.3. The molecule has 0 saturated carbocycles. The summed E-state index contributed by atoms with van der Waals surface area (Å²) in [4.78, 5) is 15.2. The molecule has 0 aliphatic rings. The van der Waals surface area contributed by atoms with Gasteiger partial charge < -0.3 is 15.0 Å². The second-order valence-electron chi connectivity index (χ2n) is 3.87. The number of carbonyl (C=O) groups is 1. The van der Waals surface area contributed by atoms with Crippen molar-refractivity contribution in [3.8, 4) is 5.75 Å². The smallest absolute Gasteiger partial charge is 0.253 e. The van der Waals surface area contributed by atoms with E-state index in [1.54, 1.807) is 7.11 Å². The summed E-state index contributed by atoms with van der Waals surface area (Å²) in [7, 11) is 1.62. The van der Waals surface area contributed by atoms with Gasteiger partial charge in [0, 0.05) is 17.6 Å². The van der Waals surface area contributed by atoms with Crippen molar-refractivity contribution in [2.45, 2.75) is 13.8 Å². The van der Waals surface area contributed by atoms with Crippen LogP contribution < -0.4 is 10.1 Å². The fraction of sp³-hybridized carbons (Fsp3) is 0.308. The molecule has 0 unspecified atom stereocenters. The van der Waals surface area contributed by atoms with E-state index < -0.39 is 0 Å². The van der Waals surface area contributed by atoms with E-state index >= 15 is 0 Å². The van der Waals surface area contributed by atoms with Crippen LogP contribution in [0.25, 0.3) is 10.9 Å². The quantitative estimate of drug-likeness (QED) is 0.852. The molecule has 0 aliphatic heterocycles. The first kappa shape index (κ1) is 11.5. The summed E-state index contributed by atoms with van der Waals surface area (Å²) < 4.78 is 5.27. The number of para-hydroxylation sites is 1. The molecule has 1 aromatic carbocycles. The lowest BCUT2D eigenvalue weighted by Crippen LogP contribution is -2.23. The number of hydrogen-bond acceptors (Lipinski definition) is 2. The number of aromatic amines is 1. The number of hydrogen-bond donors (Lipinski definition) is 2. The molecule has 90 valence electrons. The number of methoxy groups -OCH3 is 1. The van der Waals surface area contributed by atoms with E-state index in [1.807, 2.05) is 32.0 Å². The number of benzene rings is 1. The Hall–Kier alpha value is -1.97. The summed E-state index contributed by atoms with van der Waals surface area (Å²) in [6.45, 7) is 4.42. The average molecular weight is 232 g/mol. The lowest BCUT2D eigenvalue weighted by Gasteiger charge is -2.03. The van der Waals surface area contributed by atoms with Crippen molar-refractivity contribution in [2.75, 3.05) is 13.7 Å². The van der Waals surface area contributed by atoms with Crippen LogP contribution in [0.2, 0.25) is 0 Å². The van der Waals surface area contributed by atoms with Gasteiger partial charge >= 0.3 is 0 Å². The van der Waals surface area contributed by atoms with Gasteiger partial charge in [0.15, 0.2) is 0 Å². The fourth-order valence-electron chi connectivity index (χ4n) is 2.03. The van der Waals surface area contributed by atoms with Crippen molar-refractivity contribution >= 4 is 16.8 Å². The molecule has 1 amide bonds. The summed E-state index contributed by atoms with van der Waals surface area (Å²) in [5.74, 6) is 0.700. The van der Waals surface area contributed by atoms with E-state index in [2.05, 4.69) is 10.3 Å². The maximum Gasteiger partial charge on any atom is 0.253 e. The van der Waals surface area contributed by atoms with Crippen LogP contribution >= 0.6 is 0 Å². The van der Waals surface area contributed by atoms with Gasteiger partial charge in [0.05, 0.1) is 18.2 Å². The molecule has 0 aliphatic carbocycles. The first-order valence-electron chi connectivity index (χ1n) is 5.62. The molecular weight excluding hydrogens is 216 g/mol. The normalized spacial score (nSPS) is 10.5. The van der Waals surface area contributed by atoms with Crippen molar-refractivity contribution in [1.82, 2.24) is 10.3 Å². The number of H-pyrrole nitrogens is 1. The third kappa shape index (κ3) is 1.86. The molecule has 0 saturated heterocycles. The van der Waals surface area contributed by atoms with Gasteiger partial charge in [-0.3, -0.25) is 4.79 Å². The Labute approximate surface area is 100.0 Å². The molecule has 0 atom stereocenters. The third-order valence-electron chi connectivity index (χ3n) is 2.77. The zero-order valence-corrected chi connectivity index (χ0v) is 10.3. The molecule has 4 nitrogen and oxygen atoms in total. The lowest BCUT2D eigenvalue weighted by molar-refractivity contribution is 0.0957. The highest BCUT2D eigenvalue weighted by molar-refractivity contribution is 6.09. The van der Waals surface area contributed by atoms with Gasteiger partial charge in [-0.2, -0.15) is 0 Å². The number of fused-ring (bicyclic) bond motifs is 1. The minimum Gasteiger partial charge on any atom is -0.495 e. The Bertz CT molecular complexity index is 558. The van der Waals surface area contributed by atoms with Crippen molar-refractivity contribution in [3.63, 3.8) is 0 Å². The molecular formula is C13H16N2O2. The zero-order chi connectivity index (χ0) is 12.4. The standard InChI is InChI=1S/C13H16N2O2/c1-4-14-13(16)11-8(2)15-12-9(11)6-5-7-10(12)17-3/h5-7,15H,4H2,1-3H3,(H,14,16). The second-order valence-corrected chi connectivity index (χ2v) is 3.87. The minimum atomic E-state index is -0.0514. The Balaban J connectivity index is 2.64. The van der Waals surface area contributed by atoms with E-state index in [0.29, 0.717) is 12.1 Å². The van der Waals surface area contributed by atoms with E-state index in [4.69, 9.17) is 4.74 Å². The molecule has 1 aromatic heterocycles. The van der Waals surface area contributed by atoms with Gasteiger partial charge in [0.2, 0.25) is 0 Å². The maximum atomic E-state index is 12.0. The fourth-order valence-corrected chi connectivity index (χ4v) is 2.03. The molecule has 0 spiro atoms. The first-order valence-corrected chi connectivity index (χ1v) is 5.62. The van der Waals surface area contributed by atoms with Gasteiger partial charge in [0.1, 0.15) is 5.75 Å². The number of amides is 1. The van der Waals surface area contributed by atoms with Gasteiger partial charge in [0.25, 0.3) is 5.91 Å². The molecule has 2 rings (SSSR count). The molecule has 2 N–H and O–H groups in total.